The number of hydrogen-bond donors (Lipinski definition) is 1. The zero-order chi connectivity index (χ0) is 9.26. The second-order valence-corrected chi connectivity index (χ2v) is 3.67. The van der Waals surface area contributed by atoms with Gasteiger partial charge in [0, 0.05) is 0 Å². The summed E-state index contributed by atoms with van der Waals surface area (Å²) in [4.78, 5) is 0. The molecule has 0 saturated heterocycles. The molecular formula is C11H14FN. The third kappa shape index (κ3) is 1.59. The van der Waals surface area contributed by atoms with Gasteiger partial charge in [0.05, 0.1) is 0 Å². The van der Waals surface area contributed by atoms with Gasteiger partial charge in [-0.05, 0) is 55.0 Å². The van der Waals surface area contributed by atoms with Gasteiger partial charge in [-0.1, -0.05) is 6.07 Å². The molecule has 0 heterocycles. The molecular weight excluding hydrogens is 165 g/mol. The summed E-state index contributed by atoms with van der Waals surface area (Å²) in [7, 11) is 0. The number of fused-ring (bicyclic) bond motifs is 1. The summed E-state index contributed by atoms with van der Waals surface area (Å²) in [5, 5.41) is 0. The largest absolute Gasteiger partial charge is 0.330 e. The summed E-state index contributed by atoms with van der Waals surface area (Å²) in [6, 6.07) is 5.08. The minimum Gasteiger partial charge on any atom is -0.330 e. The highest BCUT2D eigenvalue weighted by atomic mass is 19.1. The lowest BCUT2D eigenvalue weighted by atomic mass is 9.83. The second-order valence-electron chi connectivity index (χ2n) is 3.67. The maximum absolute atomic E-state index is 13.0. The van der Waals surface area contributed by atoms with E-state index >= 15 is 0 Å². The van der Waals surface area contributed by atoms with Crippen LogP contribution >= 0.6 is 0 Å². The Labute approximate surface area is 77.8 Å². The number of aryl methyl sites for hydroxylation is 1. The van der Waals surface area contributed by atoms with Crippen molar-refractivity contribution in [3.05, 3.63) is 35.1 Å². The van der Waals surface area contributed by atoms with Crippen molar-refractivity contribution in [3.63, 3.8) is 0 Å². The van der Waals surface area contributed by atoms with Crippen molar-refractivity contribution >= 4 is 0 Å². The second kappa shape index (κ2) is 3.46. The van der Waals surface area contributed by atoms with Crippen LogP contribution in [0, 0.1) is 5.82 Å². The maximum atomic E-state index is 13.0. The van der Waals surface area contributed by atoms with E-state index < -0.39 is 0 Å². The van der Waals surface area contributed by atoms with Gasteiger partial charge < -0.3 is 5.73 Å². The van der Waals surface area contributed by atoms with Crippen LogP contribution in [0.4, 0.5) is 4.39 Å². The number of benzene rings is 1. The minimum atomic E-state index is -0.140. The molecule has 1 aromatic rings. The van der Waals surface area contributed by atoms with Crippen molar-refractivity contribution in [2.45, 2.75) is 25.2 Å². The van der Waals surface area contributed by atoms with Crippen LogP contribution in [0.3, 0.4) is 0 Å². The van der Waals surface area contributed by atoms with E-state index in [-0.39, 0.29) is 5.82 Å². The molecule has 1 unspecified atom stereocenters. The van der Waals surface area contributed by atoms with E-state index in [0.29, 0.717) is 12.5 Å². The van der Waals surface area contributed by atoms with Crippen molar-refractivity contribution in [2.24, 2.45) is 5.73 Å². The summed E-state index contributed by atoms with van der Waals surface area (Å²) in [5.74, 6) is 0.235. The third-order valence-electron chi connectivity index (χ3n) is 2.83. The molecule has 1 nitrogen and oxygen atoms in total. The van der Waals surface area contributed by atoms with Crippen LogP contribution in [0.5, 0.6) is 0 Å². The molecule has 0 saturated carbocycles. The van der Waals surface area contributed by atoms with Crippen LogP contribution in [-0.4, -0.2) is 6.54 Å². The van der Waals surface area contributed by atoms with Gasteiger partial charge in [0.1, 0.15) is 5.82 Å². The van der Waals surface area contributed by atoms with Crippen molar-refractivity contribution in [2.75, 3.05) is 6.54 Å². The normalized spacial score (nSPS) is 21.2. The Morgan fingerprint density at radius 3 is 3.08 bits per heavy atom. The van der Waals surface area contributed by atoms with Crippen molar-refractivity contribution in [1.82, 2.24) is 0 Å². The van der Waals surface area contributed by atoms with E-state index in [0.717, 1.165) is 18.4 Å². The molecule has 0 spiro atoms. The molecule has 0 radical (unpaired) electrons. The lowest BCUT2D eigenvalue weighted by molar-refractivity contribution is 0.549. The Hall–Kier alpha value is -0.890. The lowest BCUT2D eigenvalue weighted by Gasteiger charge is -2.24. The van der Waals surface area contributed by atoms with Crippen LogP contribution in [0.2, 0.25) is 0 Å². The quantitative estimate of drug-likeness (QED) is 0.702. The minimum absolute atomic E-state index is 0.140. The fraction of sp³-hybridized carbons (Fsp3) is 0.455. The Balaban J connectivity index is 2.41. The van der Waals surface area contributed by atoms with Crippen LogP contribution in [-0.2, 0) is 6.42 Å². The predicted octanol–water partition coefficient (Wildman–Crippen LogP) is 2.20. The van der Waals surface area contributed by atoms with Gasteiger partial charge in [-0.15, -0.1) is 0 Å². The standard InChI is InChI=1S/C11H14FN/c12-10-5-4-8-2-1-3-9(7-13)11(8)6-10/h4-6,9H,1-3,7,13H2. The first-order valence-corrected chi connectivity index (χ1v) is 4.79. The molecule has 2 heteroatoms. The van der Waals surface area contributed by atoms with Crippen molar-refractivity contribution in [1.29, 1.82) is 0 Å². The summed E-state index contributed by atoms with van der Waals surface area (Å²) < 4.78 is 13.0. The molecule has 13 heavy (non-hydrogen) atoms. The van der Waals surface area contributed by atoms with Gasteiger partial charge >= 0.3 is 0 Å². The molecule has 0 amide bonds. The highest BCUT2D eigenvalue weighted by Crippen LogP contribution is 2.30. The molecule has 0 fully saturated rings. The van der Waals surface area contributed by atoms with Crippen LogP contribution in [0.25, 0.3) is 0 Å². The average molecular weight is 179 g/mol. The average Bonchev–Trinajstić information content (AvgIpc) is 2.17. The zero-order valence-corrected chi connectivity index (χ0v) is 7.59. The van der Waals surface area contributed by atoms with Crippen LogP contribution in [0.1, 0.15) is 29.9 Å². The van der Waals surface area contributed by atoms with Gasteiger partial charge in [-0.2, -0.15) is 0 Å². The Morgan fingerprint density at radius 2 is 2.31 bits per heavy atom. The van der Waals surface area contributed by atoms with Gasteiger partial charge in [-0.25, -0.2) is 4.39 Å². The molecule has 1 aromatic carbocycles. The van der Waals surface area contributed by atoms with Crippen molar-refractivity contribution in [3.8, 4) is 0 Å². The molecule has 0 aliphatic heterocycles. The van der Waals surface area contributed by atoms with Gasteiger partial charge in [-0.3, -0.25) is 0 Å². The molecule has 1 aliphatic carbocycles. The topological polar surface area (TPSA) is 26.0 Å². The van der Waals surface area contributed by atoms with E-state index in [2.05, 4.69) is 0 Å². The summed E-state index contributed by atoms with van der Waals surface area (Å²) in [6.07, 6.45) is 3.36. The highest BCUT2D eigenvalue weighted by molar-refractivity contribution is 5.33. The van der Waals surface area contributed by atoms with Crippen LogP contribution in [0.15, 0.2) is 18.2 Å². The van der Waals surface area contributed by atoms with Crippen molar-refractivity contribution < 1.29 is 4.39 Å². The fourth-order valence-corrected chi connectivity index (χ4v) is 2.11. The fourth-order valence-electron chi connectivity index (χ4n) is 2.11. The molecule has 1 atom stereocenters. The zero-order valence-electron chi connectivity index (χ0n) is 7.59. The lowest BCUT2D eigenvalue weighted by Crippen LogP contribution is -2.18. The number of nitrogens with two attached hydrogens (primary N) is 1. The highest BCUT2D eigenvalue weighted by Gasteiger charge is 2.18. The molecule has 1 aliphatic rings. The van der Waals surface area contributed by atoms with E-state index in [1.807, 2.05) is 6.07 Å². The Morgan fingerprint density at radius 1 is 1.46 bits per heavy atom. The number of halogens is 1. The maximum Gasteiger partial charge on any atom is 0.123 e. The first kappa shape index (κ1) is 8.70. The predicted molar refractivity (Wildman–Crippen MR) is 51.1 cm³/mol. The monoisotopic (exact) mass is 179 g/mol. The van der Waals surface area contributed by atoms with E-state index in [1.54, 1.807) is 6.07 Å². The Kier molecular flexibility index (Phi) is 2.32. The summed E-state index contributed by atoms with van der Waals surface area (Å²) in [6.45, 7) is 0.635. The van der Waals surface area contributed by atoms with Gasteiger partial charge in [0.25, 0.3) is 0 Å². The first-order chi connectivity index (χ1) is 6.31. The van der Waals surface area contributed by atoms with E-state index in [9.17, 15) is 4.39 Å². The molecule has 2 rings (SSSR count). The third-order valence-corrected chi connectivity index (χ3v) is 2.83. The molecule has 0 bridgehead atoms. The molecule has 0 aromatic heterocycles. The molecule has 2 N–H and O–H groups in total. The summed E-state index contributed by atoms with van der Waals surface area (Å²) in [5.41, 5.74) is 8.06. The number of rotatable bonds is 1. The summed E-state index contributed by atoms with van der Waals surface area (Å²) >= 11 is 0. The Bertz CT molecular complexity index is 309. The SMILES string of the molecule is NCC1CCCc2ccc(F)cc21. The van der Waals surface area contributed by atoms with Gasteiger partial charge in [0.2, 0.25) is 0 Å². The van der Waals surface area contributed by atoms with Crippen LogP contribution < -0.4 is 5.73 Å². The number of hydrogen-bond acceptors (Lipinski definition) is 1. The van der Waals surface area contributed by atoms with E-state index in [1.165, 1.54) is 18.1 Å². The van der Waals surface area contributed by atoms with E-state index in [4.69, 9.17) is 5.73 Å². The smallest absolute Gasteiger partial charge is 0.123 e. The molecule has 70 valence electrons. The van der Waals surface area contributed by atoms with Gasteiger partial charge in [0.15, 0.2) is 0 Å². The first-order valence-electron chi connectivity index (χ1n) is 4.79.